The number of rotatable bonds is 1. The van der Waals surface area contributed by atoms with Crippen molar-refractivity contribution in [3.63, 3.8) is 0 Å². The highest BCUT2D eigenvalue weighted by molar-refractivity contribution is 6.82. The molecule has 34 rings (SSSR count). The second-order valence-electron chi connectivity index (χ2n) is 26.5. The first-order chi connectivity index (χ1) is 35.8. The molecule has 0 amide bonds. The zero-order valence-electron chi connectivity index (χ0n) is 37.0. The Labute approximate surface area is 394 Å². The molecule has 1 heterocycles. The number of likely N-dealkylation sites (tertiary alicyclic amines) is 1. The van der Waals surface area contributed by atoms with Gasteiger partial charge in [0.25, 0.3) is 0 Å². The van der Waals surface area contributed by atoms with Gasteiger partial charge < -0.3 is 6.42 Å². The van der Waals surface area contributed by atoms with Gasteiger partial charge in [-0.2, -0.15) is 0 Å². The van der Waals surface area contributed by atoms with Crippen molar-refractivity contribution in [2.24, 2.45) is 0 Å². The fraction of sp³-hybridized carbons (Fsp3) is 0.0704. The Bertz CT molecular complexity index is 7340. The molecule has 1 fully saturated rings. The van der Waals surface area contributed by atoms with Gasteiger partial charge >= 0.3 is 0 Å². The molecule has 1 saturated heterocycles. The number of nitrogens with zero attached hydrogens (tertiary/aromatic N) is 1. The highest BCUT2D eigenvalue weighted by atomic mass is 15.2. The minimum absolute atomic E-state index is 0.105. The average Bonchev–Trinajstić information content (AvgIpc) is 4.31. The van der Waals surface area contributed by atoms with E-state index in [4.69, 9.17) is 6.42 Å². The van der Waals surface area contributed by atoms with Gasteiger partial charge in [-0.1, -0.05) is 12.1 Å². The van der Waals surface area contributed by atoms with E-state index in [0.29, 0.717) is 0 Å². The van der Waals surface area contributed by atoms with Gasteiger partial charge in [0, 0.05) is 12.6 Å². The first-order valence-corrected chi connectivity index (χ1v) is 26.8. The first-order valence-electron chi connectivity index (χ1n) is 26.8. The highest BCUT2D eigenvalue weighted by Crippen LogP contribution is 2.87. The molecule has 0 N–H and O–H groups in total. The summed E-state index contributed by atoms with van der Waals surface area (Å²) in [6, 6.07) is 9.40. The molecule has 29 aromatic rings. The van der Waals surface area contributed by atoms with Crippen LogP contribution in [0.5, 0.6) is 0 Å². The summed E-state index contributed by atoms with van der Waals surface area (Å²) >= 11 is 0. The third-order valence-corrected chi connectivity index (χ3v) is 26.3. The Kier molecular flexibility index (Phi) is 2.29. The van der Waals surface area contributed by atoms with Crippen molar-refractivity contribution in [2.45, 2.75) is 16.9 Å². The average molecular weight is 877 g/mol. The van der Waals surface area contributed by atoms with Crippen molar-refractivity contribution >= 4 is 291 Å². The number of hydrogen-bond acceptors (Lipinski definition) is 1. The smallest absolute Gasteiger partial charge is 0.0575 e. The van der Waals surface area contributed by atoms with Crippen LogP contribution in [0.1, 0.15) is 39.4 Å². The van der Waals surface area contributed by atoms with Crippen LogP contribution < -0.4 is 0 Å². The minimum Gasteiger partial charge on any atom is -0.366 e. The molecule has 1 atom stereocenters. The summed E-state index contributed by atoms with van der Waals surface area (Å²) in [5, 5.41) is 89.4. The molecule has 29 aromatic carbocycles. The summed E-state index contributed by atoms with van der Waals surface area (Å²) in [5.41, 5.74) is 8.59. The van der Waals surface area contributed by atoms with Crippen LogP contribution in [0, 0.1) is 12.3 Å². The third-order valence-electron chi connectivity index (χ3n) is 26.3. The van der Waals surface area contributed by atoms with E-state index >= 15 is 0 Å². The Morgan fingerprint density at radius 2 is 0.500 bits per heavy atom. The monoisotopic (exact) mass is 876 g/mol. The van der Waals surface area contributed by atoms with Gasteiger partial charge in [0.2, 0.25) is 0 Å². The van der Waals surface area contributed by atoms with E-state index in [1.54, 1.807) is 313 Å². The largest absolute Gasteiger partial charge is 0.366 e. The predicted octanol–water partition coefficient (Wildman–Crippen LogP) is 17.9. The van der Waals surface area contributed by atoms with Crippen LogP contribution >= 0.6 is 0 Å². The van der Waals surface area contributed by atoms with E-state index in [-0.39, 0.29) is 16.9 Å². The summed E-state index contributed by atoms with van der Waals surface area (Å²) in [6.45, 7) is 1.01. The van der Waals surface area contributed by atoms with Crippen molar-refractivity contribution in [2.75, 3.05) is 13.6 Å². The molecular weight excluding hydrogens is 867 g/mol. The van der Waals surface area contributed by atoms with Gasteiger partial charge in [-0.3, -0.25) is 10.8 Å². The van der Waals surface area contributed by atoms with Gasteiger partial charge in [-0.15, -0.1) is 17.7 Å². The summed E-state index contributed by atoms with van der Waals surface area (Å²) < 4.78 is 0. The van der Waals surface area contributed by atoms with Crippen LogP contribution in [0.2, 0.25) is 0 Å². The molecule has 1 unspecified atom stereocenters. The van der Waals surface area contributed by atoms with Gasteiger partial charge in [0.05, 0.1) is 10.8 Å². The predicted molar refractivity (Wildman–Crippen MR) is 302 cm³/mol. The normalized spacial score (nSPS) is 23.5. The lowest BCUT2D eigenvalue weighted by atomic mass is 9.47. The maximum Gasteiger partial charge on any atom is 0.0575 e. The van der Waals surface area contributed by atoms with Crippen LogP contribution in [-0.2, 0) is 10.8 Å². The number of hydrogen-bond donors (Lipinski definition) is 0. The lowest BCUT2D eigenvalue weighted by Crippen LogP contribution is -2.51. The third kappa shape index (κ3) is 1.42. The van der Waals surface area contributed by atoms with Crippen LogP contribution in [0.15, 0.2) is 24.3 Å². The summed E-state index contributed by atoms with van der Waals surface area (Å²) in [5.74, 6) is 2.78. The number of benzene rings is 19. The molecule has 0 aromatic heterocycles. The fourth-order valence-corrected chi connectivity index (χ4v) is 26.3. The first kappa shape index (κ1) is 27.0. The Hall–Kier alpha value is -8.80. The molecule has 1 aliphatic heterocycles. The molecule has 0 bridgehead atoms. The zero-order valence-corrected chi connectivity index (χ0v) is 37.0. The maximum absolute atomic E-state index is 8.28. The zero-order chi connectivity index (χ0) is 43.0. The van der Waals surface area contributed by atoms with Crippen LogP contribution in [0.4, 0.5) is 0 Å². The van der Waals surface area contributed by atoms with E-state index in [2.05, 4.69) is 42.1 Å². The minimum atomic E-state index is -0.358. The maximum atomic E-state index is 8.28. The van der Waals surface area contributed by atoms with Gasteiger partial charge in [-0.25, -0.2) is 0 Å². The SMILES string of the molecule is [C-]#Cc1ccc(C2N(C)CC34c5c6c7c8c9c%10c(c%11c%12c3c3c5c5c%13c6c6c7c7c9c9c%14c%10c%10c%11c%11c%12c%12c3c3c5c5c%13c%13c6c6c7c9c7c9c%14c%10c%10c%11c%11c%12c3c3c5c5c%13c6c7c6c9c%10c%11c3c56)C824)cc1. The quantitative estimate of drug-likeness (QED) is 0.0902. The molecule has 72 heavy (non-hydrogen) atoms. The Morgan fingerprint density at radius 3 is 0.708 bits per heavy atom. The van der Waals surface area contributed by atoms with E-state index < -0.39 is 0 Å². The standard InChI is InChI=1S/C71H10N/c1-3-9-4-6-10(7-5-9)69-71-67-61-55-45-33-25-17-13-11-12-15-19(17)27(33)37-31-23(15)24-16(12)20-18-14(11)22-21(13)29-35(25)43-49-39(29)40-30(22)36-26(18)34-28(20)38-32(24)42-41(31)53(47(37)55)63(67)64-54(42)48(38)56-46(34)52-44(36)50(40)58-57(49)65(59(61)51(43)45)70(71,8-72(69)2)66(58)60(52)62(56)68(64)71/h4-7,69H,8H2,2H3/q-1. The lowest BCUT2D eigenvalue weighted by molar-refractivity contribution is 0.271. The molecule has 1 nitrogen and oxygen atoms in total. The second-order valence-corrected chi connectivity index (χ2v) is 26.5. The van der Waals surface area contributed by atoms with Crippen LogP contribution in [-0.4, -0.2) is 18.5 Å². The summed E-state index contributed by atoms with van der Waals surface area (Å²) in [6.07, 6.45) is 8.28. The Balaban J connectivity index is 1.15. The van der Waals surface area contributed by atoms with Gasteiger partial charge in [-0.05, 0) is 326 Å². The lowest BCUT2D eigenvalue weighted by Gasteiger charge is -2.52. The van der Waals surface area contributed by atoms with Crippen LogP contribution in [0.25, 0.3) is 291 Å². The molecule has 4 aliphatic carbocycles. The van der Waals surface area contributed by atoms with E-state index in [1.165, 1.54) is 5.56 Å². The fourth-order valence-electron chi connectivity index (χ4n) is 26.3. The van der Waals surface area contributed by atoms with Crippen molar-refractivity contribution < 1.29 is 0 Å². The number of likely N-dealkylation sites (N-methyl/N-ethyl adjacent to an activating group) is 1. The second kappa shape index (κ2) is 6.11. The molecule has 2 spiro atoms. The Morgan fingerprint density at radius 1 is 0.306 bits per heavy atom. The van der Waals surface area contributed by atoms with Crippen molar-refractivity contribution in [1.82, 2.24) is 4.90 Å². The van der Waals surface area contributed by atoms with Crippen molar-refractivity contribution in [3.05, 3.63) is 64.1 Å². The van der Waals surface area contributed by atoms with Gasteiger partial charge in [0.15, 0.2) is 0 Å². The highest BCUT2D eigenvalue weighted by Gasteiger charge is 2.75. The molecule has 1 heteroatoms. The summed E-state index contributed by atoms with van der Waals surface area (Å²) in [4.78, 5) is 2.90. The summed E-state index contributed by atoms with van der Waals surface area (Å²) in [7, 11) is 2.53. The molecule has 300 valence electrons. The topological polar surface area (TPSA) is 3.24 Å². The van der Waals surface area contributed by atoms with Crippen LogP contribution in [0.3, 0.4) is 0 Å². The van der Waals surface area contributed by atoms with Crippen molar-refractivity contribution in [3.8, 4) is 5.92 Å². The molecule has 0 saturated carbocycles. The van der Waals surface area contributed by atoms with E-state index in [0.717, 1.165) is 12.1 Å². The van der Waals surface area contributed by atoms with Crippen molar-refractivity contribution in [1.29, 1.82) is 0 Å². The van der Waals surface area contributed by atoms with E-state index in [9.17, 15) is 0 Å². The molecule has 5 aliphatic rings. The van der Waals surface area contributed by atoms with E-state index in [1.807, 2.05) is 0 Å². The molecular formula is C71H10N-. The van der Waals surface area contributed by atoms with Gasteiger partial charge in [0.1, 0.15) is 0 Å². The molecule has 0 radical (unpaired) electrons.